The van der Waals surface area contributed by atoms with Crippen LogP contribution in [0.4, 0.5) is 5.69 Å². The van der Waals surface area contributed by atoms with Gasteiger partial charge in [0.15, 0.2) is 0 Å². The minimum absolute atomic E-state index is 0.736. The molecule has 0 amide bonds. The number of hydrogen-bond donors (Lipinski definition) is 1. The van der Waals surface area contributed by atoms with Crippen molar-refractivity contribution in [2.45, 2.75) is 6.54 Å². The largest absolute Gasteiger partial charge is 0.496 e. The molecule has 0 heterocycles. The van der Waals surface area contributed by atoms with E-state index < -0.39 is 0 Å². The van der Waals surface area contributed by atoms with Crippen LogP contribution in [0.3, 0.4) is 0 Å². The number of anilines is 1. The fourth-order valence-electron chi connectivity index (χ4n) is 2.46. The van der Waals surface area contributed by atoms with Crippen LogP contribution in [0.25, 0.3) is 10.8 Å². The average molecular weight is 298 g/mol. The van der Waals surface area contributed by atoms with Crippen molar-refractivity contribution < 1.29 is 4.74 Å². The Morgan fingerprint density at radius 2 is 1.76 bits per heavy atom. The normalized spacial score (nSPS) is 10.6. The number of halogens is 1. The number of nitrogens with one attached hydrogen (secondary N) is 1. The third-order valence-corrected chi connectivity index (χ3v) is 3.74. The average Bonchev–Trinajstić information content (AvgIpc) is 2.52. The van der Waals surface area contributed by atoms with E-state index in [1.807, 2.05) is 42.5 Å². The smallest absolute Gasteiger partial charge is 0.126 e. The Morgan fingerprint density at radius 1 is 0.952 bits per heavy atom. The lowest BCUT2D eigenvalue weighted by atomic mass is 10.0. The zero-order valence-corrected chi connectivity index (χ0v) is 12.5. The molecular formula is C18H16ClNO. The van der Waals surface area contributed by atoms with E-state index in [1.54, 1.807) is 7.11 Å². The van der Waals surface area contributed by atoms with Gasteiger partial charge in [0, 0.05) is 22.6 Å². The van der Waals surface area contributed by atoms with Gasteiger partial charge in [-0.25, -0.2) is 0 Å². The summed E-state index contributed by atoms with van der Waals surface area (Å²) in [4.78, 5) is 0. The molecule has 0 aliphatic rings. The Labute approximate surface area is 129 Å². The monoisotopic (exact) mass is 297 g/mol. The maximum absolute atomic E-state index is 6.00. The highest BCUT2D eigenvalue weighted by molar-refractivity contribution is 6.30. The highest BCUT2D eigenvalue weighted by atomic mass is 35.5. The van der Waals surface area contributed by atoms with E-state index in [-0.39, 0.29) is 0 Å². The maximum Gasteiger partial charge on any atom is 0.126 e. The first-order chi connectivity index (χ1) is 10.3. The molecule has 0 fully saturated rings. The molecule has 0 bridgehead atoms. The summed E-state index contributed by atoms with van der Waals surface area (Å²) in [5.41, 5.74) is 2.24. The van der Waals surface area contributed by atoms with E-state index >= 15 is 0 Å². The Kier molecular flexibility index (Phi) is 3.98. The van der Waals surface area contributed by atoms with E-state index in [2.05, 4.69) is 23.5 Å². The first-order valence-corrected chi connectivity index (χ1v) is 7.20. The summed E-state index contributed by atoms with van der Waals surface area (Å²) < 4.78 is 5.42. The Hall–Kier alpha value is -2.19. The van der Waals surface area contributed by atoms with Crippen molar-refractivity contribution in [1.82, 2.24) is 0 Å². The van der Waals surface area contributed by atoms with Crippen molar-refractivity contribution in [2.75, 3.05) is 12.4 Å². The molecule has 21 heavy (non-hydrogen) atoms. The van der Waals surface area contributed by atoms with E-state index in [1.165, 1.54) is 10.9 Å². The number of methoxy groups -OCH3 is 1. The highest BCUT2D eigenvalue weighted by Gasteiger charge is 2.05. The van der Waals surface area contributed by atoms with Crippen LogP contribution in [0.5, 0.6) is 5.75 Å². The van der Waals surface area contributed by atoms with Crippen molar-refractivity contribution >= 4 is 28.1 Å². The van der Waals surface area contributed by atoms with Crippen LogP contribution in [-0.2, 0) is 6.54 Å². The van der Waals surface area contributed by atoms with Gasteiger partial charge in [-0.1, -0.05) is 48.0 Å². The van der Waals surface area contributed by atoms with Gasteiger partial charge in [0.05, 0.1) is 7.11 Å². The minimum atomic E-state index is 0.736. The van der Waals surface area contributed by atoms with Crippen LogP contribution >= 0.6 is 11.6 Å². The van der Waals surface area contributed by atoms with Gasteiger partial charge in [0.25, 0.3) is 0 Å². The van der Waals surface area contributed by atoms with Crippen molar-refractivity contribution in [1.29, 1.82) is 0 Å². The molecule has 0 aliphatic heterocycles. The molecule has 3 aromatic carbocycles. The summed E-state index contributed by atoms with van der Waals surface area (Å²) >= 11 is 6.00. The fourth-order valence-corrected chi connectivity index (χ4v) is 2.65. The zero-order valence-electron chi connectivity index (χ0n) is 11.8. The molecule has 0 aliphatic carbocycles. The number of benzene rings is 3. The third kappa shape index (κ3) is 2.96. The lowest BCUT2D eigenvalue weighted by molar-refractivity contribution is 0.419. The predicted octanol–water partition coefficient (Wildman–Crippen LogP) is 5.11. The molecule has 0 aromatic heterocycles. The van der Waals surface area contributed by atoms with Crippen molar-refractivity contribution in [3.8, 4) is 5.75 Å². The molecule has 3 rings (SSSR count). The summed E-state index contributed by atoms with van der Waals surface area (Å²) in [7, 11) is 1.70. The van der Waals surface area contributed by atoms with Gasteiger partial charge >= 0.3 is 0 Å². The second kappa shape index (κ2) is 6.06. The molecule has 3 heteroatoms. The second-order valence-electron chi connectivity index (χ2n) is 4.84. The Morgan fingerprint density at radius 3 is 2.52 bits per heavy atom. The van der Waals surface area contributed by atoms with Gasteiger partial charge in [0.2, 0.25) is 0 Å². The minimum Gasteiger partial charge on any atom is -0.496 e. The zero-order chi connectivity index (χ0) is 14.7. The summed E-state index contributed by atoms with van der Waals surface area (Å²) in [6, 6.07) is 20.1. The summed E-state index contributed by atoms with van der Waals surface area (Å²) in [6.07, 6.45) is 0. The number of ether oxygens (including phenoxy) is 1. The van der Waals surface area contributed by atoms with E-state index in [9.17, 15) is 0 Å². The third-order valence-electron chi connectivity index (χ3n) is 3.50. The SMILES string of the molecule is COc1ccc(CNc2cccc(Cl)c2)c2ccccc12. The first kappa shape index (κ1) is 13.8. The van der Waals surface area contributed by atoms with Crippen LogP contribution in [0.2, 0.25) is 5.02 Å². The lowest BCUT2D eigenvalue weighted by Gasteiger charge is -2.12. The van der Waals surface area contributed by atoms with Gasteiger partial charge in [-0.2, -0.15) is 0 Å². The summed E-state index contributed by atoms with van der Waals surface area (Å²) in [5.74, 6) is 0.900. The van der Waals surface area contributed by atoms with Crippen LogP contribution in [0.1, 0.15) is 5.56 Å². The number of rotatable bonds is 4. The van der Waals surface area contributed by atoms with Gasteiger partial charge in [-0.3, -0.25) is 0 Å². The molecule has 0 unspecified atom stereocenters. The lowest BCUT2D eigenvalue weighted by Crippen LogP contribution is -2.00. The standard InChI is InChI=1S/C18H16ClNO/c1-21-18-10-9-13(16-7-2-3-8-17(16)18)12-20-15-6-4-5-14(19)11-15/h2-11,20H,12H2,1H3. The van der Waals surface area contributed by atoms with Crippen LogP contribution in [0, 0.1) is 0 Å². The molecular weight excluding hydrogens is 282 g/mol. The first-order valence-electron chi connectivity index (χ1n) is 6.82. The van der Waals surface area contributed by atoms with E-state index in [0.717, 1.165) is 28.4 Å². The van der Waals surface area contributed by atoms with Crippen molar-refractivity contribution in [2.24, 2.45) is 0 Å². The molecule has 106 valence electrons. The van der Waals surface area contributed by atoms with Crippen LogP contribution in [-0.4, -0.2) is 7.11 Å². The van der Waals surface area contributed by atoms with Gasteiger partial charge < -0.3 is 10.1 Å². The van der Waals surface area contributed by atoms with Crippen molar-refractivity contribution in [3.05, 3.63) is 71.2 Å². The molecule has 2 nitrogen and oxygen atoms in total. The molecule has 0 saturated carbocycles. The molecule has 3 aromatic rings. The highest BCUT2D eigenvalue weighted by Crippen LogP contribution is 2.28. The second-order valence-corrected chi connectivity index (χ2v) is 5.27. The molecule has 0 radical (unpaired) electrons. The number of fused-ring (bicyclic) bond motifs is 1. The van der Waals surface area contributed by atoms with Crippen molar-refractivity contribution in [3.63, 3.8) is 0 Å². The Bertz CT molecular complexity index is 770. The number of hydrogen-bond acceptors (Lipinski definition) is 2. The maximum atomic E-state index is 6.00. The van der Waals surface area contributed by atoms with E-state index in [4.69, 9.17) is 16.3 Å². The fraction of sp³-hybridized carbons (Fsp3) is 0.111. The summed E-state index contributed by atoms with van der Waals surface area (Å²) in [6.45, 7) is 0.741. The van der Waals surface area contributed by atoms with Gasteiger partial charge in [-0.05, 0) is 35.2 Å². The van der Waals surface area contributed by atoms with E-state index in [0.29, 0.717) is 0 Å². The molecule has 0 saturated heterocycles. The molecule has 1 N–H and O–H groups in total. The Balaban J connectivity index is 1.91. The molecule has 0 spiro atoms. The van der Waals surface area contributed by atoms with Crippen LogP contribution in [0.15, 0.2) is 60.7 Å². The predicted molar refractivity (Wildman–Crippen MR) is 89.3 cm³/mol. The topological polar surface area (TPSA) is 21.3 Å². The van der Waals surface area contributed by atoms with Gasteiger partial charge in [-0.15, -0.1) is 0 Å². The molecule has 0 atom stereocenters. The summed E-state index contributed by atoms with van der Waals surface area (Å²) in [5, 5.41) is 6.47. The van der Waals surface area contributed by atoms with Crippen LogP contribution < -0.4 is 10.1 Å². The van der Waals surface area contributed by atoms with Gasteiger partial charge in [0.1, 0.15) is 5.75 Å². The quantitative estimate of drug-likeness (QED) is 0.722.